The van der Waals surface area contributed by atoms with Crippen LogP contribution in [0.1, 0.15) is 39.3 Å². The van der Waals surface area contributed by atoms with Crippen LogP contribution in [0.3, 0.4) is 0 Å². The van der Waals surface area contributed by atoms with Gasteiger partial charge in [-0.2, -0.15) is 5.10 Å². The van der Waals surface area contributed by atoms with Crippen LogP contribution in [0, 0.1) is 5.92 Å². The molecule has 3 heterocycles. The minimum absolute atomic E-state index is 0.626. The summed E-state index contributed by atoms with van der Waals surface area (Å²) in [5.74, 6) is 0.666. The predicted molar refractivity (Wildman–Crippen MR) is 92.1 cm³/mol. The minimum atomic E-state index is 0.626. The second-order valence-electron chi connectivity index (χ2n) is 6.68. The summed E-state index contributed by atoms with van der Waals surface area (Å²) in [6.07, 6.45) is 9.01. The molecule has 0 aliphatic carbocycles. The Morgan fingerprint density at radius 3 is 2.83 bits per heavy atom. The van der Waals surface area contributed by atoms with Crippen molar-refractivity contribution in [3.05, 3.63) is 30.4 Å². The van der Waals surface area contributed by atoms with Gasteiger partial charge < -0.3 is 4.90 Å². The summed E-state index contributed by atoms with van der Waals surface area (Å²) in [5.41, 5.74) is 3.18. The lowest BCUT2D eigenvalue weighted by Crippen LogP contribution is -2.40. The molecule has 1 saturated heterocycles. The predicted octanol–water partition coefficient (Wildman–Crippen LogP) is 3.02. The minimum Gasteiger partial charge on any atom is -0.301 e. The van der Waals surface area contributed by atoms with Crippen LogP contribution in [-0.4, -0.2) is 43.8 Å². The molecule has 5 nitrogen and oxygen atoms in total. The molecule has 1 fully saturated rings. The Kier molecular flexibility index (Phi) is 5.06. The Hall–Kier alpha value is -1.75. The molecule has 0 radical (unpaired) electrons. The van der Waals surface area contributed by atoms with Gasteiger partial charge in [0.25, 0.3) is 0 Å². The summed E-state index contributed by atoms with van der Waals surface area (Å²) >= 11 is 0. The third kappa shape index (κ3) is 3.61. The third-order valence-corrected chi connectivity index (χ3v) is 4.80. The van der Waals surface area contributed by atoms with E-state index < -0.39 is 0 Å². The molecule has 0 aromatic carbocycles. The Bertz CT molecular complexity index is 634. The highest BCUT2D eigenvalue weighted by Gasteiger charge is 2.24. The molecular formula is C18H27N5. The van der Waals surface area contributed by atoms with Gasteiger partial charge in [0, 0.05) is 37.7 Å². The topological polar surface area (TPSA) is 46.8 Å². The van der Waals surface area contributed by atoms with E-state index in [1.165, 1.54) is 25.9 Å². The van der Waals surface area contributed by atoms with Crippen LogP contribution in [0.25, 0.3) is 11.4 Å². The van der Waals surface area contributed by atoms with Gasteiger partial charge in [-0.25, -0.2) is 0 Å². The van der Waals surface area contributed by atoms with Gasteiger partial charge in [-0.3, -0.25) is 14.6 Å². The van der Waals surface area contributed by atoms with Crippen LogP contribution in [0.4, 0.5) is 0 Å². The molecule has 5 heteroatoms. The lowest BCUT2D eigenvalue weighted by Gasteiger charge is -2.35. The molecule has 1 aliphatic heterocycles. The van der Waals surface area contributed by atoms with Gasteiger partial charge in [-0.05, 0) is 58.6 Å². The molecule has 23 heavy (non-hydrogen) atoms. The Labute approximate surface area is 138 Å². The van der Waals surface area contributed by atoms with E-state index in [1.54, 1.807) is 6.20 Å². The van der Waals surface area contributed by atoms with E-state index in [1.807, 2.05) is 23.1 Å². The summed E-state index contributed by atoms with van der Waals surface area (Å²) in [6.45, 7) is 9.92. The van der Waals surface area contributed by atoms with Crippen LogP contribution < -0.4 is 0 Å². The first-order valence-corrected chi connectivity index (χ1v) is 8.75. The highest BCUT2D eigenvalue weighted by atomic mass is 15.3. The molecule has 0 spiro atoms. The molecule has 0 unspecified atom stereocenters. The maximum atomic E-state index is 4.65. The zero-order valence-electron chi connectivity index (χ0n) is 14.4. The van der Waals surface area contributed by atoms with E-state index in [4.69, 9.17) is 0 Å². The second-order valence-corrected chi connectivity index (χ2v) is 6.68. The van der Waals surface area contributed by atoms with Crippen molar-refractivity contribution in [2.75, 3.05) is 13.1 Å². The van der Waals surface area contributed by atoms with Gasteiger partial charge in [-0.1, -0.05) is 0 Å². The third-order valence-electron chi connectivity index (χ3n) is 4.80. The average Bonchev–Trinajstić information content (AvgIpc) is 3.04. The molecule has 0 bridgehead atoms. The smallest absolute Gasteiger partial charge is 0.110 e. The molecule has 0 N–H and O–H groups in total. The molecule has 1 aliphatic rings. The summed E-state index contributed by atoms with van der Waals surface area (Å²) in [7, 11) is 0. The number of rotatable bonds is 5. The molecule has 124 valence electrons. The normalized spacial score (nSPS) is 19.4. The Morgan fingerprint density at radius 1 is 1.22 bits per heavy atom. The number of nitrogens with zero attached hydrogens (tertiary/aromatic N) is 5. The number of likely N-dealkylation sites (tertiary alicyclic amines) is 1. The average molecular weight is 313 g/mol. The van der Waals surface area contributed by atoms with E-state index in [-0.39, 0.29) is 0 Å². The number of aryl methyl sites for hydroxylation is 1. The van der Waals surface area contributed by atoms with Gasteiger partial charge in [0.1, 0.15) is 5.69 Å². The largest absolute Gasteiger partial charge is 0.301 e. The summed E-state index contributed by atoms with van der Waals surface area (Å²) in [5, 5.41) is 4.37. The van der Waals surface area contributed by atoms with Gasteiger partial charge in [0.05, 0.1) is 11.4 Å². The highest BCUT2D eigenvalue weighted by molar-refractivity contribution is 5.56. The molecule has 1 atom stereocenters. The number of aromatic nitrogens is 4. The van der Waals surface area contributed by atoms with Crippen molar-refractivity contribution in [1.29, 1.82) is 0 Å². The van der Waals surface area contributed by atoms with Gasteiger partial charge in [0.15, 0.2) is 0 Å². The van der Waals surface area contributed by atoms with E-state index in [0.29, 0.717) is 12.0 Å². The SMILES string of the molecule is CCn1nccc1-c1nccnc1C[C@@H]1CCCN(C(C)C)C1. The summed E-state index contributed by atoms with van der Waals surface area (Å²) < 4.78 is 1.99. The van der Waals surface area contributed by atoms with Crippen molar-refractivity contribution in [2.45, 2.75) is 52.6 Å². The van der Waals surface area contributed by atoms with Crippen LogP contribution in [0.5, 0.6) is 0 Å². The maximum absolute atomic E-state index is 4.65. The van der Waals surface area contributed by atoms with E-state index in [9.17, 15) is 0 Å². The van der Waals surface area contributed by atoms with Crippen molar-refractivity contribution < 1.29 is 0 Å². The summed E-state index contributed by atoms with van der Waals surface area (Å²) in [4.78, 5) is 11.8. The van der Waals surface area contributed by atoms with Gasteiger partial charge in [0.2, 0.25) is 0 Å². The summed E-state index contributed by atoms with van der Waals surface area (Å²) in [6, 6.07) is 2.67. The number of piperidine rings is 1. The molecular weight excluding hydrogens is 286 g/mol. The first-order chi connectivity index (χ1) is 11.2. The fourth-order valence-corrected chi connectivity index (χ4v) is 3.52. The van der Waals surface area contributed by atoms with Crippen molar-refractivity contribution >= 4 is 0 Å². The van der Waals surface area contributed by atoms with Crippen molar-refractivity contribution in [3.8, 4) is 11.4 Å². The van der Waals surface area contributed by atoms with E-state index in [0.717, 1.165) is 30.0 Å². The first kappa shape index (κ1) is 16.1. The molecule has 0 saturated carbocycles. The lowest BCUT2D eigenvalue weighted by molar-refractivity contribution is 0.139. The van der Waals surface area contributed by atoms with Crippen molar-refractivity contribution in [1.82, 2.24) is 24.6 Å². The zero-order chi connectivity index (χ0) is 16.2. The fraction of sp³-hybridized carbons (Fsp3) is 0.611. The van der Waals surface area contributed by atoms with Gasteiger partial charge >= 0.3 is 0 Å². The monoisotopic (exact) mass is 313 g/mol. The first-order valence-electron chi connectivity index (χ1n) is 8.75. The fourth-order valence-electron chi connectivity index (χ4n) is 3.52. The quantitative estimate of drug-likeness (QED) is 0.851. The maximum Gasteiger partial charge on any atom is 0.110 e. The Balaban J connectivity index is 1.81. The van der Waals surface area contributed by atoms with Crippen molar-refractivity contribution in [3.63, 3.8) is 0 Å². The second kappa shape index (κ2) is 7.21. The zero-order valence-corrected chi connectivity index (χ0v) is 14.4. The highest BCUT2D eigenvalue weighted by Crippen LogP contribution is 2.26. The van der Waals surface area contributed by atoms with Gasteiger partial charge in [-0.15, -0.1) is 0 Å². The number of hydrogen-bond acceptors (Lipinski definition) is 4. The van der Waals surface area contributed by atoms with E-state index >= 15 is 0 Å². The van der Waals surface area contributed by atoms with E-state index in [2.05, 4.69) is 40.7 Å². The number of hydrogen-bond donors (Lipinski definition) is 0. The standard InChI is InChI=1S/C18H27N5/c1-4-23-17(7-8-21-23)18-16(19-9-10-20-18)12-15-6-5-11-22(13-15)14(2)3/h7-10,14-15H,4-6,11-13H2,1-3H3/t15-/m0/s1. The van der Waals surface area contributed by atoms with Crippen LogP contribution in [-0.2, 0) is 13.0 Å². The van der Waals surface area contributed by atoms with Crippen molar-refractivity contribution in [2.24, 2.45) is 5.92 Å². The van der Waals surface area contributed by atoms with Crippen LogP contribution in [0.15, 0.2) is 24.7 Å². The van der Waals surface area contributed by atoms with Crippen LogP contribution >= 0.6 is 0 Å². The molecule has 3 rings (SSSR count). The molecule has 2 aromatic rings. The lowest BCUT2D eigenvalue weighted by atomic mass is 9.91. The molecule has 2 aromatic heterocycles. The Morgan fingerprint density at radius 2 is 2.04 bits per heavy atom. The van der Waals surface area contributed by atoms with Crippen LogP contribution in [0.2, 0.25) is 0 Å². The molecule has 0 amide bonds.